The third kappa shape index (κ3) is 4.97. The lowest BCUT2D eigenvalue weighted by atomic mass is 10.2. The summed E-state index contributed by atoms with van der Waals surface area (Å²) in [4.78, 5) is 12.5. The molecule has 162 valence electrons. The van der Waals surface area contributed by atoms with Crippen molar-refractivity contribution in [2.45, 2.75) is 12.8 Å². The van der Waals surface area contributed by atoms with E-state index in [9.17, 15) is 13.2 Å². The van der Waals surface area contributed by atoms with E-state index >= 15 is 0 Å². The SMILES string of the molecule is FC(F)(F)c1nn(CN2CCN(c3ncccn3)CC2)c(=S)n1/N=C/c1ccccc1. The van der Waals surface area contributed by atoms with Gasteiger partial charge in [-0.2, -0.15) is 22.9 Å². The Morgan fingerprint density at radius 2 is 1.68 bits per heavy atom. The fourth-order valence-corrected chi connectivity index (χ4v) is 3.40. The number of aromatic nitrogens is 5. The van der Waals surface area contributed by atoms with Crippen molar-refractivity contribution < 1.29 is 13.2 Å². The van der Waals surface area contributed by atoms with Crippen LogP contribution in [-0.4, -0.2) is 61.7 Å². The zero-order valence-corrected chi connectivity index (χ0v) is 17.2. The lowest BCUT2D eigenvalue weighted by Gasteiger charge is -2.34. The van der Waals surface area contributed by atoms with Crippen LogP contribution < -0.4 is 4.90 Å². The van der Waals surface area contributed by atoms with Gasteiger partial charge in [0.2, 0.25) is 10.7 Å². The first-order valence-electron chi connectivity index (χ1n) is 9.52. The van der Waals surface area contributed by atoms with E-state index in [1.807, 2.05) is 15.9 Å². The minimum Gasteiger partial charge on any atom is -0.338 e. The molecule has 8 nitrogen and oxygen atoms in total. The molecule has 0 atom stereocenters. The third-order valence-corrected chi connectivity index (χ3v) is 5.12. The van der Waals surface area contributed by atoms with Crippen molar-refractivity contribution in [2.24, 2.45) is 5.10 Å². The van der Waals surface area contributed by atoms with Gasteiger partial charge in [0.15, 0.2) is 0 Å². The normalized spacial score (nSPS) is 15.6. The van der Waals surface area contributed by atoms with E-state index in [4.69, 9.17) is 12.2 Å². The Labute approximate surface area is 181 Å². The molecule has 1 aromatic carbocycles. The van der Waals surface area contributed by atoms with Crippen molar-refractivity contribution in [2.75, 3.05) is 31.1 Å². The van der Waals surface area contributed by atoms with Crippen LogP contribution in [0.15, 0.2) is 53.9 Å². The first-order valence-corrected chi connectivity index (χ1v) is 9.93. The second-order valence-electron chi connectivity index (χ2n) is 6.87. The van der Waals surface area contributed by atoms with Crippen molar-refractivity contribution in [1.82, 2.24) is 29.3 Å². The molecule has 31 heavy (non-hydrogen) atoms. The fourth-order valence-electron chi connectivity index (χ4n) is 3.17. The van der Waals surface area contributed by atoms with Crippen LogP contribution in [0.5, 0.6) is 0 Å². The van der Waals surface area contributed by atoms with Gasteiger partial charge < -0.3 is 4.90 Å². The maximum Gasteiger partial charge on any atom is 0.453 e. The summed E-state index contributed by atoms with van der Waals surface area (Å²) in [7, 11) is 0. The minimum atomic E-state index is -4.68. The Hall–Kier alpha value is -3.12. The third-order valence-electron chi connectivity index (χ3n) is 4.73. The van der Waals surface area contributed by atoms with Crippen LogP contribution in [0.3, 0.4) is 0 Å². The molecule has 0 amide bonds. The topological polar surface area (TPSA) is 67.4 Å². The van der Waals surface area contributed by atoms with Crippen molar-refractivity contribution in [3.05, 3.63) is 65.0 Å². The molecule has 0 saturated carbocycles. The second-order valence-corrected chi connectivity index (χ2v) is 7.23. The van der Waals surface area contributed by atoms with Crippen LogP contribution in [-0.2, 0) is 12.8 Å². The van der Waals surface area contributed by atoms with Gasteiger partial charge in [0.1, 0.15) is 0 Å². The lowest BCUT2D eigenvalue weighted by molar-refractivity contribution is -0.147. The van der Waals surface area contributed by atoms with Gasteiger partial charge in [0, 0.05) is 38.6 Å². The average Bonchev–Trinajstić information content (AvgIpc) is 3.10. The number of anilines is 1. The number of benzene rings is 1. The predicted molar refractivity (Wildman–Crippen MR) is 111 cm³/mol. The molecule has 12 heteroatoms. The van der Waals surface area contributed by atoms with Gasteiger partial charge in [-0.25, -0.2) is 14.6 Å². The van der Waals surface area contributed by atoms with Gasteiger partial charge in [-0.3, -0.25) is 4.90 Å². The Morgan fingerprint density at radius 3 is 2.32 bits per heavy atom. The highest BCUT2D eigenvalue weighted by Crippen LogP contribution is 2.28. The summed E-state index contributed by atoms with van der Waals surface area (Å²) in [6.07, 6.45) is -0.00349. The smallest absolute Gasteiger partial charge is 0.338 e. The molecule has 0 radical (unpaired) electrons. The molecule has 1 fully saturated rings. The summed E-state index contributed by atoms with van der Waals surface area (Å²) < 4.78 is 42.3. The number of alkyl halides is 3. The van der Waals surface area contributed by atoms with Crippen molar-refractivity contribution in [3.63, 3.8) is 0 Å². The van der Waals surface area contributed by atoms with Gasteiger partial charge in [-0.15, -0.1) is 5.10 Å². The van der Waals surface area contributed by atoms with Crippen LogP contribution in [0.2, 0.25) is 0 Å². The Kier molecular flexibility index (Phi) is 6.09. The lowest BCUT2D eigenvalue weighted by Crippen LogP contribution is -2.47. The molecule has 4 rings (SSSR count). The highest BCUT2D eigenvalue weighted by molar-refractivity contribution is 7.71. The molecule has 3 aromatic rings. The minimum absolute atomic E-state index is 0.117. The van der Waals surface area contributed by atoms with Crippen LogP contribution in [0.25, 0.3) is 0 Å². The molecule has 0 unspecified atom stereocenters. The Balaban J connectivity index is 1.51. The second kappa shape index (κ2) is 8.94. The number of hydrogen-bond acceptors (Lipinski definition) is 7. The maximum absolute atomic E-state index is 13.5. The first-order chi connectivity index (χ1) is 14.9. The van der Waals surface area contributed by atoms with Crippen LogP contribution in [0.4, 0.5) is 19.1 Å². The van der Waals surface area contributed by atoms with Gasteiger partial charge in [-0.05, 0) is 23.8 Å². The number of piperazine rings is 1. The average molecular weight is 448 g/mol. The zero-order chi connectivity index (χ0) is 21.8. The Bertz CT molecular complexity index is 1090. The van der Waals surface area contributed by atoms with E-state index in [-0.39, 0.29) is 11.4 Å². The van der Waals surface area contributed by atoms with Gasteiger partial charge in [0.05, 0.1) is 12.9 Å². The predicted octanol–water partition coefficient (Wildman–Crippen LogP) is 2.88. The van der Waals surface area contributed by atoms with E-state index in [0.29, 0.717) is 42.4 Å². The van der Waals surface area contributed by atoms with Gasteiger partial charge >= 0.3 is 6.18 Å². The number of nitrogens with zero attached hydrogens (tertiary/aromatic N) is 8. The molecule has 1 aliphatic rings. The summed E-state index contributed by atoms with van der Waals surface area (Å²) in [5, 5.41) is 7.67. The molecule has 0 spiro atoms. The van der Waals surface area contributed by atoms with E-state index in [1.165, 1.54) is 6.21 Å². The number of halogens is 3. The number of hydrogen-bond donors (Lipinski definition) is 0. The molecule has 1 saturated heterocycles. The standard InChI is InChI=1S/C19H19F3N8S/c20-19(21,22)16-26-29(18(31)30(16)25-13-15-5-2-1-3-6-15)14-27-9-11-28(12-10-27)17-23-7-4-8-24-17/h1-8,13H,9-12,14H2/b25-13+. The highest BCUT2D eigenvalue weighted by Gasteiger charge is 2.39. The molecule has 1 aliphatic heterocycles. The monoisotopic (exact) mass is 448 g/mol. The van der Waals surface area contributed by atoms with E-state index in [1.54, 1.807) is 42.7 Å². The molecule has 3 heterocycles. The quantitative estimate of drug-likeness (QED) is 0.442. The summed E-state index contributed by atoms with van der Waals surface area (Å²) in [6, 6.07) is 10.6. The number of rotatable bonds is 5. The van der Waals surface area contributed by atoms with Crippen LogP contribution >= 0.6 is 12.2 Å². The van der Waals surface area contributed by atoms with Crippen molar-refractivity contribution >= 4 is 24.4 Å². The highest BCUT2D eigenvalue weighted by atomic mass is 32.1. The van der Waals surface area contributed by atoms with E-state index in [0.717, 1.165) is 4.68 Å². The van der Waals surface area contributed by atoms with Crippen molar-refractivity contribution in [3.8, 4) is 0 Å². The summed E-state index contributed by atoms with van der Waals surface area (Å²) in [5.74, 6) is -0.515. The summed E-state index contributed by atoms with van der Waals surface area (Å²) in [5.41, 5.74) is 0.657. The maximum atomic E-state index is 13.5. The van der Waals surface area contributed by atoms with Crippen LogP contribution in [0.1, 0.15) is 11.4 Å². The van der Waals surface area contributed by atoms with Gasteiger partial charge in [-0.1, -0.05) is 30.3 Å². The summed E-state index contributed by atoms with van der Waals surface area (Å²) >= 11 is 5.26. The molecular formula is C19H19F3N8S. The van der Waals surface area contributed by atoms with E-state index < -0.39 is 12.0 Å². The van der Waals surface area contributed by atoms with Crippen LogP contribution in [0, 0.1) is 4.77 Å². The van der Waals surface area contributed by atoms with Crippen molar-refractivity contribution in [1.29, 1.82) is 0 Å². The Morgan fingerprint density at radius 1 is 1.00 bits per heavy atom. The molecule has 2 aromatic heterocycles. The summed E-state index contributed by atoms with van der Waals surface area (Å²) in [6.45, 7) is 2.66. The first kappa shape index (κ1) is 21.1. The fraction of sp³-hybridized carbons (Fsp3) is 0.316. The molecule has 0 aliphatic carbocycles. The molecular weight excluding hydrogens is 429 g/mol. The molecule has 0 N–H and O–H groups in total. The van der Waals surface area contributed by atoms with E-state index in [2.05, 4.69) is 20.2 Å². The zero-order valence-electron chi connectivity index (χ0n) is 16.4. The van der Waals surface area contributed by atoms with Gasteiger partial charge in [0.25, 0.3) is 5.82 Å². The largest absolute Gasteiger partial charge is 0.453 e. The molecule has 0 bridgehead atoms.